The minimum absolute atomic E-state index is 0.0474. The molecule has 0 aliphatic rings. The average Bonchev–Trinajstić information content (AvgIpc) is 2.30. The summed E-state index contributed by atoms with van der Waals surface area (Å²) in [5.41, 5.74) is -1.54. The van der Waals surface area contributed by atoms with Crippen molar-refractivity contribution in [2.45, 2.75) is 39.3 Å². The fraction of sp³-hybridized carbons (Fsp3) is 0.750. The van der Waals surface area contributed by atoms with Crippen LogP contribution in [-0.2, 0) is 5.67 Å². The van der Waals surface area contributed by atoms with E-state index in [2.05, 4.69) is 10.2 Å². The molecule has 0 amide bonds. The number of alkyl halides is 1. The van der Waals surface area contributed by atoms with Crippen molar-refractivity contribution in [3.05, 3.63) is 11.8 Å². The van der Waals surface area contributed by atoms with Crippen molar-refractivity contribution in [1.82, 2.24) is 10.2 Å². The summed E-state index contributed by atoms with van der Waals surface area (Å²) >= 11 is 0. The fourth-order valence-electron chi connectivity index (χ4n) is 0.708. The molecule has 0 spiro atoms. The number of aromatic nitrogens is 2. The van der Waals surface area contributed by atoms with Crippen LogP contribution in [0.1, 0.15) is 45.4 Å². The van der Waals surface area contributed by atoms with Gasteiger partial charge >= 0.3 is 0 Å². The number of halogens is 1. The van der Waals surface area contributed by atoms with Gasteiger partial charge in [0.25, 0.3) is 5.89 Å². The van der Waals surface area contributed by atoms with E-state index in [-0.39, 0.29) is 11.8 Å². The Morgan fingerprint density at radius 3 is 2.17 bits per heavy atom. The van der Waals surface area contributed by atoms with Crippen LogP contribution in [0, 0.1) is 0 Å². The molecular formula is C8H13FN2O. The van der Waals surface area contributed by atoms with Gasteiger partial charge in [-0.05, 0) is 13.8 Å². The predicted octanol–water partition coefficient (Wildman–Crippen LogP) is 2.40. The standard InChI is InChI=1S/C8H13FN2O/c1-5(2)6-10-11-7(12-6)8(3,4)9/h5H,1-4H3. The molecule has 1 heterocycles. The summed E-state index contributed by atoms with van der Waals surface area (Å²) in [6.07, 6.45) is 0. The molecule has 1 aromatic heterocycles. The van der Waals surface area contributed by atoms with Crippen molar-refractivity contribution < 1.29 is 8.81 Å². The SMILES string of the molecule is CC(C)c1nnc(C(C)(C)F)o1. The molecule has 0 unspecified atom stereocenters. The third-order valence-corrected chi connectivity index (χ3v) is 1.44. The summed E-state index contributed by atoms with van der Waals surface area (Å²) in [5, 5.41) is 7.34. The summed E-state index contributed by atoms with van der Waals surface area (Å²) in [4.78, 5) is 0. The molecule has 4 heteroatoms. The molecule has 0 radical (unpaired) electrons. The summed E-state index contributed by atoms with van der Waals surface area (Å²) in [5.74, 6) is 0.676. The molecule has 12 heavy (non-hydrogen) atoms. The van der Waals surface area contributed by atoms with Gasteiger partial charge in [0.05, 0.1) is 0 Å². The van der Waals surface area contributed by atoms with Crippen LogP contribution in [0.25, 0.3) is 0 Å². The van der Waals surface area contributed by atoms with Crippen LogP contribution in [0.15, 0.2) is 4.42 Å². The third kappa shape index (κ3) is 1.81. The van der Waals surface area contributed by atoms with Gasteiger partial charge in [-0.3, -0.25) is 0 Å². The maximum absolute atomic E-state index is 13.2. The number of rotatable bonds is 2. The Morgan fingerprint density at radius 1 is 1.33 bits per heavy atom. The van der Waals surface area contributed by atoms with Crippen molar-refractivity contribution in [3.8, 4) is 0 Å². The van der Waals surface area contributed by atoms with E-state index in [9.17, 15) is 4.39 Å². The Bertz CT molecular complexity index is 262. The number of hydrogen-bond acceptors (Lipinski definition) is 3. The second-order valence-electron chi connectivity index (χ2n) is 3.57. The zero-order chi connectivity index (χ0) is 9.35. The molecule has 0 saturated heterocycles. The van der Waals surface area contributed by atoms with E-state index >= 15 is 0 Å². The molecule has 0 aliphatic carbocycles. The predicted molar refractivity (Wildman–Crippen MR) is 42.5 cm³/mol. The highest BCUT2D eigenvalue weighted by Gasteiger charge is 2.26. The lowest BCUT2D eigenvalue weighted by atomic mass is 10.2. The highest BCUT2D eigenvalue weighted by Crippen LogP contribution is 2.24. The van der Waals surface area contributed by atoms with Gasteiger partial charge in [-0.15, -0.1) is 10.2 Å². The number of nitrogens with zero attached hydrogens (tertiary/aromatic N) is 2. The second-order valence-corrected chi connectivity index (χ2v) is 3.57. The average molecular weight is 172 g/mol. The largest absolute Gasteiger partial charge is 0.422 e. The van der Waals surface area contributed by atoms with E-state index in [1.54, 1.807) is 0 Å². The van der Waals surface area contributed by atoms with Gasteiger partial charge in [-0.2, -0.15) is 0 Å². The van der Waals surface area contributed by atoms with Crippen LogP contribution in [0.2, 0.25) is 0 Å². The normalized spacial score (nSPS) is 12.5. The molecule has 0 bridgehead atoms. The molecule has 0 aromatic carbocycles. The van der Waals surface area contributed by atoms with Gasteiger partial charge in [0.15, 0.2) is 5.67 Å². The smallest absolute Gasteiger partial charge is 0.253 e. The van der Waals surface area contributed by atoms with Crippen LogP contribution in [0.5, 0.6) is 0 Å². The zero-order valence-corrected chi connectivity index (χ0v) is 7.76. The van der Waals surface area contributed by atoms with Gasteiger partial charge in [-0.25, -0.2) is 4.39 Å². The first-order valence-electron chi connectivity index (χ1n) is 3.94. The summed E-state index contributed by atoms with van der Waals surface area (Å²) in [7, 11) is 0. The fourth-order valence-corrected chi connectivity index (χ4v) is 0.708. The van der Waals surface area contributed by atoms with Gasteiger partial charge in [0, 0.05) is 5.92 Å². The monoisotopic (exact) mass is 172 g/mol. The van der Waals surface area contributed by atoms with E-state index in [1.165, 1.54) is 13.8 Å². The minimum atomic E-state index is -1.54. The van der Waals surface area contributed by atoms with Crippen LogP contribution in [0.4, 0.5) is 4.39 Å². The highest BCUT2D eigenvalue weighted by atomic mass is 19.1. The summed E-state index contributed by atoms with van der Waals surface area (Å²) in [6, 6.07) is 0. The Balaban J connectivity index is 2.92. The Kier molecular flexibility index (Phi) is 2.17. The quantitative estimate of drug-likeness (QED) is 0.687. The second kappa shape index (κ2) is 2.84. The first-order chi connectivity index (χ1) is 5.41. The lowest BCUT2D eigenvalue weighted by Crippen LogP contribution is -2.09. The maximum atomic E-state index is 13.2. The van der Waals surface area contributed by atoms with Gasteiger partial charge in [-0.1, -0.05) is 13.8 Å². The van der Waals surface area contributed by atoms with Crippen LogP contribution >= 0.6 is 0 Å². The highest BCUT2D eigenvalue weighted by molar-refractivity contribution is 4.94. The molecule has 0 N–H and O–H groups in total. The summed E-state index contributed by atoms with van der Waals surface area (Å²) in [6.45, 7) is 6.63. The summed E-state index contributed by atoms with van der Waals surface area (Å²) < 4.78 is 18.3. The Hall–Kier alpha value is -0.930. The molecule has 0 fully saturated rings. The van der Waals surface area contributed by atoms with Crippen molar-refractivity contribution in [3.63, 3.8) is 0 Å². The van der Waals surface area contributed by atoms with E-state index in [1.807, 2.05) is 13.8 Å². The van der Waals surface area contributed by atoms with E-state index < -0.39 is 5.67 Å². The molecule has 68 valence electrons. The van der Waals surface area contributed by atoms with Crippen molar-refractivity contribution in [2.75, 3.05) is 0 Å². The lowest BCUT2D eigenvalue weighted by Gasteiger charge is -2.06. The molecule has 1 rings (SSSR count). The maximum Gasteiger partial charge on any atom is 0.253 e. The van der Waals surface area contributed by atoms with Crippen LogP contribution < -0.4 is 0 Å². The van der Waals surface area contributed by atoms with Crippen molar-refractivity contribution >= 4 is 0 Å². The van der Waals surface area contributed by atoms with Gasteiger partial charge in [0.2, 0.25) is 5.89 Å². The van der Waals surface area contributed by atoms with Crippen molar-refractivity contribution in [2.24, 2.45) is 0 Å². The molecule has 0 atom stereocenters. The van der Waals surface area contributed by atoms with E-state index in [4.69, 9.17) is 4.42 Å². The molecular weight excluding hydrogens is 159 g/mol. The first kappa shape index (κ1) is 9.16. The number of hydrogen-bond donors (Lipinski definition) is 0. The molecule has 3 nitrogen and oxygen atoms in total. The van der Waals surface area contributed by atoms with Crippen LogP contribution in [0.3, 0.4) is 0 Å². The third-order valence-electron chi connectivity index (χ3n) is 1.44. The Morgan fingerprint density at radius 2 is 1.92 bits per heavy atom. The van der Waals surface area contributed by atoms with Gasteiger partial charge in [0.1, 0.15) is 0 Å². The Labute approximate surface area is 71.0 Å². The molecule has 0 saturated carbocycles. The zero-order valence-electron chi connectivity index (χ0n) is 7.76. The van der Waals surface area contributed by atoms with Crippen LogP contribution in [-0.4, -0.2) is 10.2 Å². The molecule has 1 aromatic rings. The van der Waals surface area contributed by atoms with Gasteiger partial charge < -0.3 is 4.42 Å². The molecule has 0 aliphatic heterocycles. The topological polar surface area (TPSA) is 38.9 Å². The lowest BCUT2D eigenvalue weighted by molar-refractivity contribution is 0.166. The first-order valence-corrected chi connectivity index (χ1v) is 3.94. The minimum Gasteiger partial charge on any atom is -0.422 e. The van der Waals surface area contributed by atoms with E-state index in [0.717, 1.165) is 0 Å². The van der Waals surface area contributed by atoms with Crippen molar-refractivity contribution in [1.29, 1.82) is 0 Å². The van der Waals surface area contributed by atoms with E-state index in [0.29, 0.717) is 5.89 Å².